The molecule has 1 aliphatic carbocycles. The average molecular weight is 821 g/mol. The van der Waals surface area contributed by atoms with Crippen LogP contribution in [-0.4, -0.2) is 106 Å². The molecule has 1 saturated heterocycles. The zero-order valence-corrected chi connectivity index (χ0v) is 35.0. The number of ether oxygens (including phenoxy) is 3. The molecule has 306 valence electrons. The number of benzene rings is 2. The number of amides is 2. The molecule has 3 atom stereocenters. The molecule has 56 heavy (non-hydrogen) atoms. The van der Waals surface area contributed by atoms with Gasteiger partial charge < -0.3 is 47.5 Å². The van der Waals surface area contributed by atoms with Crippen LogP contribution < -0.4 is 20.4 Å². The van der Waals surface area contributed by atoms with E-state index in [0.717, 1.165) is 24.5 Å². The number of halogens is 1. The molecule has 2 fully saturated rings. The van der Waals surface area contributed by atoms with Crippen molar-refractivity contribution in [1.29, 1.82) is 0 Å². The van der Waals surface area contributed by atoms with E-state index in [2.05, 4.69) is 5.32 Å². The summed E-state index contributed by atoms with van der Waals surface area (Å²) in [6, 6.07) is 7.52. The Kier molecular flexibility index (Phi) is 13.5. The number of carbonyl (C=O) groups is 3. The Bertz CT molecular complexity index is 2040. The van der Waals surface area contributed by atoms with Crippen molar-refractivity contribution in [2.45, 2.75) is 70.0 Å². The average Bonchev–Trinajstić information content (AvgIpc) is 4.01. The number of nitrogens with zero attached hydrogens (tertiary/aromatic N) is 3. The van der Waals surface area contributed by atoms with E-state index in [-0.39, 0.29) is 54.1 Å². The van der Waals surface area contributed by atoms with Crippen LogP contribution in [0, 0.1) is 5.82 Å². The molecule has 0 bridgehead atoms. The van der Waals surface area contributed by atoms with E-state index in [0.29, 0.717) is 17.6 Å². The van der Waals surface area contributed by atoms with Crippen LogP contribution in [0.2, 0.25) is 0 Å². The molecule has 2 amide bonds. The molecule has 5 rings (SSSR count). The van der Waals surface area contributed by atoms with E-state index in [4.69, 9.17) is 27.8 Å². The number of piperazine rings is 1. The molecule has 1 saturated carbocycles. The zero-order valence-electron chi connectivity index (χ0n) is 33.3. The van der Waals surface area contributed by atoms with Crippen LogP contribution in [0.15, 0.2) is 41.3 Å². The van der Waals surface area contributed by atoms with Gasteiger partial charge in [-0.15, -0.1) is 0 Å². The zero-order chi connectivity index (χ0) is 41.1. The fraction of sp³-hybridized carbons (Fsp3) is 0.526. The van der Waals surface area contributed by atoms with Crippen LogP contribution in [0.5, 0.6) is 5.75 Å². The number of rotatable bonds is 14. The predicted molar refractivity (Wildman–Crippen MR) is 212 cm³/mol. The number of esters is 1. The van der Waals surface area contributed by atoms with Gasteiger partial charge in [0.15, 0.2) is 18.2 Å². The van der Waals surface area contributed by atoms with Gasteiger partial charge in [-0.1, -0.05) is 12.1 Å². The Labute approximate surface area is 327 Å². The van der Waals surface area contributed by atoms with E-state index in [9.17, 15) is 23.7 Å². The van der Waals surface area contributed by atoms with Gasteiger partial charge in [-0.25, -0.2) is 14.0 Å². The summed E-state index contributed by atoms with van der Waals surface area (Å²) in [7, 11) is 1.02. The Hall–Kier alpha value is -4.07. The first-order valence-electron chi connectivity index (χ1n) is 18.2. The van der Waals surface area contributed by atoms with Crippen LogP contribution in [0.3, 0.4) is 0 Å². The number of fused-ring (bicyclic) bond motifs is 1. The monoisotopic (exact) mass is 820 g/mol. The summed E-state index contributed by atoms with van der Waals surface area (Å²) in [6.07, 6.45) is 2.81. The fourth-order valence-electron chi connectivity index (χ4n) is 6.69. The molecule has 3 aromatic rings. The summed E-state index contributed by atoms with van der Waals surface area (Å²) in [5, 5.41) is 2.07. The second-order valence-corrected chi connectivity index (χ2v) is 19.7. The van der Waals surface area contributed by atoms with Crippen molar-refractivity contribution in [2.75, 3.05) is 71.6 Å². The van der Waals surface area contributed by atoms with Crippen LogP contribution in [0.1, 0.15) is 62.5 Å². The lowest BCUT2D eigenvalue weighted by molar-refractivity contribution is -0.119. The lowest BCUT2D eigenvalue weighted by Crippen LogP contribution is -2.55. The summed E-state index contributed by atoms with van der Waals surface area (Å²) in [5.41, 5.74) is -0.0640. The topological polar surface area (TPSA) is 164 Å². The van der Waals surface area contributed by atoms with Crippen molar-refractivity contribution in [3.05, 3.63) is 63.7 Å². The largest absolute Gasteiger partial charge is 0.492 e. The summed E-state index contributed by atoms with van der Waals surface area (Å²) in [6.45, 7) is 9.22. The third kappa shape index (κ3) is 9.54. The quantitative estimate of drug-likeness (QED) is 0.135. The molecule has 2 aliphatic rings. The van der Waals surface area contributed by atoms with Crippen molar-refractivity contribution >= 4 is 56.0 Å². The van der Waals surface area contributed by atoms with Gasteiger partial charge in [-0.3, -0.25) is 14.2 Å². The molecule has 0 spiro atoms. The molecule has 2 heterocycles. The van der Waals surface area contributed by atoms with Crippen LogP contribution in [0.4, 0.5) is 20.6 Å². The molecular formula is C38H51FN4O11P2. The van der Waals surface area contributed by atoms with Gasteiger partial charge in [-0.05, 0) is 77.4 Å². The first-order valence-corrected chi connectivity index (χ1v) is 21.6. The van der Waals surface area contributed by atoms with Gasteiger partial charge in [-0.2, -0.15) is 0 Å². The SMILES string of the molecule is COc1c(N2CCN(C(=O)OC(C)(C)C)C(C)C2)c(F)cc2c(=O)c(C(=O)OCC(=O)Nc3ccc(CC(P(C)OC)P(=O)(OC)OC)cc3)cn(C3CC3)c12. The van der Waals surface area contributed by atoms with Gasteiger partial charge in [0.05, 0.1) is 18.0 Å². The lowest BCUT2D eigenvalue weighted by atomic mass is 10.1. The molecule has 15 nitrogen and oxygen atoms in total. The Morgan fingerprint density at radius 1 is 1.05 bits per heavy atom. The van der Waals surface area contributed by atoms with Gasteiger partial charge in [0, 0.05) is 73.1 Å². The Balaban J connectivity index is 1.31. The first kappa shape index (κ1) is 43.1. The van der Waals surface area contributed by atoms with E-state index in [1.54, 1.807) is 59.4 Å². The van der Waals surface area contributed by atoms with Crippen molar-refractivity contribution in [1.82, 2.24) is 9.47 Å². The number of pyridine rings is 1. The number of hydrogen-bond acceptors (Lipinski definition) is 12. The van der Waals surface area contributed by atoms with Gasteiger partial charge in [0.2, 0.25) is 5.43 Å². The number of nitrogens with one attached hydrogen (secondary N) is 1. The fourth-order valence-corrected chi connectivity index (χ4v) is 10.9. The molecule has 18 heteroatoms. The minimum absolute atomic E-state index is 0.0647. The van der Waals surface area contributed by atoms with Crippen molar-refractivity contribution in [2.24, 2.45) is 0 Å². The summed E-state index contributed by atoms with van der Waals surface area (Å²) < 4.78 is 63.6. The molecular weight excluding hydrogens is 769 g/mol. The smallest absolute Gasteiger partial charge is 0.410 e. The number of hydrogen-bond donors (Lipinski definition) is 1. The number of carbonyl (C=O) groups excluding carboxylic acids is 3. The standard InChI is InChI=1S/C38H51FN4O11P2/c1-23-20-41(16-17-42(23)37(47)54-38(2,3)4)33-29(39)19-27-32(35(33)49-5)43(26-14-15-26)21-28(34(27)45)36(46)53-22-30(44)40-25-12-10-24(11-13-25)18-31(55(9)50-6)56(48,51-7)52-8/h10-13,19,21,23,26,31H,14-18,20,22H2,1-9H3,(H,40,44). The highest BCUT2D eigenvalue weighted by Gasteiger charge is 2.39. The molecule has 3 unspecified atom stereocenters. The molecule has 1 aliphatic heterocycles. The van der Waals surface area contributed by atoms with Crippen LogP contribution >= 0.6 is 15.7 Å². The van der Waals surface area contributed by atoms with E-state index in [1.165, 1.54) is 34.6 Å². The Morgan fingerprint density at radius 3 is 2.27 bits per heavy atom. The van der Waals surface area contributed by atoms with E-state index >= 15 is 4.39 Å². The maximum atomic E-state index is 16.1. The highest BCUT2D eigenvalue weighted by atomic mass is 31.2. The maximum absolute atomic E-state index is 16.1. The minimum Gasteiger partial charge on any atom is -0.492 e. The number of anilines is 2. The number of aromatic nitrogens is 1. The number of methoxy groups -OCH3 is 1. The summed E-state index contributed by atoms with van der Waals surface area (Å²) in [4.78, 5) is 56.2. The van der Waals surface area contributed by atoms with Crippen LogP contribution in [-0.2, 0) is 38.8 Å². The van der Waals surface area contributed by atoms with Crippen molar-refractivity contribution in [3.63, 3.8) is 0 Å². The third-order valence-electron chi connectivity index (χ3n) is 9.71. The normalized spacial score (nSPS) is 17.4. The highest BCUT2D eigenvalue weighted by Crippen LogP contribution is 2.64. The lowest BCUT2D eigenvalue weighted by Gasteiger charge is -2.41. The highest BCUT2D eigenvalue weighted by molar-refractivity contribution is 7.71. The summed E-state index contributed by atoms with van der Waals surface area (Å²) in [5.74, 6) is -2.26. The summed E-state index contributed by atoms with van der Waals surface area (Å²) >= 11 is 0. The third-order valence-corrected chi connectivity index (χ3v) is 15.1. The molecule has 0 radical (unpaired) electrons. The maximum Gasteiger partial charge on any atom is 0.410 e. The van der Waals surface area contributed by atoms with E-state index in [1.807, 2.05) is 13.6 Å². The Morgan fingerprint density at radius 2 is 1.71 bits per heavy atom. The first-order chi connectivity index (χ1) is 26.4. The van der Waals surface area contributed by atoms with Gasteiger partial charge in [0.1, 0.15) is 22.3 Å². The van der Waals surface area contributed by atoms with E-state index < -0.39 is 62.6 Å². The van der Waals surface area contributed by atoms with Crippen molar-refractivity contribution < 1.29 is 51.1 Å². The molecule has 1 N–H and O–H groups in total. The second kappa shape index (κ2) is 17.6. The van der Waals surface area contributed by atoms with Crippen LogP contribution in [0.25, 0.3) is 10.9 Å². The second-order valence-electron chi connectivity index (χ2n) is 14.8. The molecule has 2 aromatic carbocycles. The minimum atomic E-state index is -3.44. The van der Waals surface area contributed by atoms with Gasteiger partial charge >= 0.3 is 19.7 Å². The van der Waals surface area contributed by atoms with Crippen molar-refractivity contribution in [3.8, 4) is 5.75 Å². The van der Waals surface area contributed by atoms with Gasteiger partial charge in [0.25, 0.3) is 5.91 Å². The predicted octanol–water partition coefficient (Wildman–Crippen LogP) is 6.75. The molecule has 1 aromatic heterocycles.